The lowest BCUT2D eigenvalue weighted by molar-refractivity contribution is -0.130. The van der Waals surface area contributed by atoms with Crippen molar-refractivity contribution in [3.63, 3.8) is 0 Å². The number of nitrogens with one attached hydrogen (secondary N) is 1. The molecule has 3 heterocycles. The number of benzene rings is 1. The van der Waals surface area contributed by atoms with Crippen molar-refractivity contribution in [3.8, 4) is 0 Å². The molecule has 8 heteroatoms. The Morgan fingerprint density at radius 1 is 1.03 bits per heavy atom. The molecule has 1 aliphatic carbocycles. The minimum Gasteiger partial charge on any atom is -0.374 e. The lowest BCUT2D eigenvalue weighted by atomic mass is 9.94. The molecule has 2 aromatic rings. The van der Waals surface area contributed by atoms with Crippen molar-refractivity contribution in [2.45, 2.75) is 96.1 Å². The minimum absolute atomic E-state index is 0.0154. The average Bonchev–Trinajstić information content (AvgIpc) is 3.60. The van der Waals surface area contributed by atoms with Crippen molar-refractivity contribution in [1.29, 1.82) is 0 Å². The van der Waals surface area contributed by atoms with Gasteiger partial charge in [-0.2, -0.15) is 0 Å². The predicted molar refractivity (Wildman–Crippen MR) is 145 cm³/mol. The van der Waals surface area contributed by atoms with E-state index in [1.807, 2.05) is 11.6 Å². The number of carbonyl (C=O) groups is 1. The largest absolute Gasteiger partial charge is 0.374 e. The Balaban J connectivity index is 1.04. The van der Waals surface area contributed by atoms with Crippen LogP contribution in [0.2, 0.25) is 0 Å². The molecule has 8 nitrogen and oxygen atoms in total. The van der Waals surface area contributed by atoms with E-state index < -0.39 is 0 Å². The second-order valence-corrected chi connectivity index (χ2v) is 11.4. The predicted octanol–water partition coefficient (Wildman–Crippen LogP) is 4.18. The number of ether oxygens (including phenoxy) is 1. The molecule has 1 saturated carbocycles. The van der Waals surface area contributed by atoms with Crippen molar-refractivity contribution in [2.75, 3.05) is 31.1 Å². The number of para-hydroxylation sites is 1. The highest BCUT2D eigenvalue weighted by atomic mass is 16.5. The van der Waals surface area contributed by atoms with Crippen molar-refractivity contribution in [2.24, 2.45) is 5.92 Å². The van der Waals surface area contributed by atoms with Crippen LogP contribution in [0, 0.1) is 5.92 Å². The fourth-order valence-electron chi connectivity index (χ4n) is 6.14. The molecule has 0 spiro atoms. The van der Waals surface area contributed by atoms with Gasteiger partial charge in [0, 0.05) is 44.5 Å². The van der Waals surface area contributed by atoms with Gasteiger partial charge in [-0.1, -0.05) is 49.6 Å². The summed E-state index contributed by atoms with van der Waals surface area (Å²) in [4.78, 5) is 17.7. The van der Waals surface area contributed by atoms with Crippen LogP contribution in [-0.2, 0) is 16.1 Å². The summed E-state index contributed by atoms with van der Waals surface area (Å²) in [6.07, 6.45) is 11.1. The highest BCUT2D eigenvalue weighted by Crippen LogP contribution is 2.31. The number of piperazine rings is 1. The summed E-state index contributed by atoms with van der Waals surface area (Å²) in [5, 5.41) is 12.2. The van der Waals surface area contributed by atoms with E-state index in [1.54, 1.807) is 0 Å². The van der Waals surface area contributed by atoms with Crippen molar-refractivity contribution < 1.29 is 9.53 Å². The number of carbonyl (C=O) groups excluding carboxylic acids is 1. The van der Waals surface area contributed by atoms with Gasteiger partial charge in [-0.15, -0.1) is 5.10 Å². The van der Waals surface area contributed by atoms with Gasteiger partial charge in [-0.25, -0.2) is 4.68 Å². The molecule has 5 rings (SSSR count). The molecule has 202 valence electrons. The maximum Gasteiger partial charge on any atom is 0.225 e. The Hall–Kier alpha value is -2.45. The topological polar surface area (TPSA) is 75.5 Å². The number of rotatable bonds is 9. The summed E-state index contributed by atoms with van der Waals surface area (Å²) in [6.45, 7) is 9.18. The number of anilines is 1. The molecule has 3 fully saturated rings. The summed E-state index contributed by atoms with van der Waals surface area (Å²) < 4.78 is 8.36. The van der Waals surface area contributed by atoms with Gasteiger partial charge in [0.1, 0.15) is 0 Å². The van der Waals surface area contributed by atoms with Gasteiger partial charge in [-0.3, -0.25) is 9.69 Å². The second kappa shape index (κ2) is 12.4. The van der Waals surface area contributed by atoms with Gasteiger partial charge < -0.3 is 15.0 Å². The lowest BCUT2D eigenvalue weighted by Crippen LogP contribution is -2.46. The zero-order valence-electron chi connectivity index (χ0n) is 22.6. The SMILES string of the molecule is C[C@H](C(=O)NC1CCCCC1)C1CCC(C[C@@H](C)n2cc(CN3CCN(c4ccccc4)CC3)nn2)O1. The number of aromatic nitrogens is 3. The van der Waals surface area contributed by atoms with Crippen LogP contribution in [-0.4, -0.2) is 70.2 Å². The van der Waals surface area contributed by atoms with Crippen molar-refractivity contribution in [1.82, 2.24) is 25.2 Å². The van der Waals surface area contributed by atoms with Crippen LogP contribution in [0.15, 0.2) is 36.5 Å². The Bertz CT molecular complexity index is 983. The maximum atomic E-state index is 12.8. The highest BCUT2D eigenvalue weighted by molar-refractivity contribution is 5.79. The van der Waals surface area contributed by atoms with Crippen LogP contribution >= 0.6 is 0 Å². The van der Waals surface area contributed by atoms with Crippen molar-refractivity contribution >= 4 is 11.6 Å². The molecule has 1 aromatic heterocycles. The fraction of sp³-hybridized carbons (Fsp3) is 0.690. The van der Waals surface area contributed by atoms with Gasteiger partial charge >= 0.3 is 0 Å². The molecule has 1 aromatic carbocycles. The van der Waals surface area contributed by atoms with Crippen LogP contribution in [0.1, 0.15) is 76.9 Å². The molecule has 0 bridgehead atoms. The summed E-state index contributed by atoms with van der Waals surface area (Å²) in [5.74, 6) is 0.0682. The van der Waals surface area contributed by atoms with Crippen LogP contribution in [0.4, 0.5) is 5.69 Å². The summed E-state index contributed by atoms with van der Waals surface area (Å²) in [5.41, 5.74) is 2.33. The third-order valence-corrected chi connectivity index (χ3v) is 8.56. The molecule has 2 saturated heterocycles. The molecule has 1 amide bonds. The number of nitrogens with zero attached hydrogens (tertiary/aromatic N) is 5. The van der Waals surface area contributed by atoms with E-state index in [4.69, 9.17) is 4.74 Å². The summed E-state index contributed by atoms with van der Waals surface area (Å²) in [6, 6.07) is 11.2. The van der Waals surface area contributed by atoms with Crippen LogP contribution in [0.5, 0.6) is 0 Å². The van der Waals surface area contributed by atoms with E-state index in [1.165, 1.54) is 24.9 Å². The van der Waals surface area contributed by atoms with Crippen LogP contribution in [0.25, 0.3) is 0 Å². The smallest absolute Gasteiger partial charge is 0.225 e. The number of hydrogen-bond acceptors (Lipinski definition) is 6. The van der Waals surface area contributed by atoms with Crippen molar-refractivity contribution in [3.05, 3.63) is 42.2 Å². The Kier molecular flexibility index (Phi) is 8.77. The molecular formula is C29H44N6O2. The van der Waals surface area contributed by atoms with Gasteiger partial charge in [0.15, 0.2) is 0 Å². The molecule has 2 unspecified atom stereocenters. The number of hydrogen-bond donors (Lipinski definition) is 1. The first-order valence-corrected chi connectivity index (χ1v) is 14.4. The molecule has 0 radical (unpaired) electrons. The van der Waals surface area contributed by atoms with E-state index >= 15 is 0 Å². The first-order valence-electron chi connectivity index (χ1n) is 14.4. The monoisotopic (exact) mass is 508 g/mol. The maximum absolute atomic E-state index is 12.8. The summed E-state index contributed by atoms with van der Waals surface area (Å²) in [7, 11) is 0. The second-order valence-electron chi connectivity index (χ2n) is 11.4. The highest BCUT2D eigenvalue weighted by Gasteiger charge is 2.34. The van der Waals surface area contributed by atoms with Gasteiger partial charge in [-0.05, 0) is 51.2 Å². The third kappa shape index (κ3) is 6.90. The van der Waals surface area contributed by atoms with E-state index in [0.29, 0.717) is 6.04 Å². The van der Waals surface area contributed by atoms with E-state index in [0.717, 1.165) is 70.5 Å². The first-order chi connectivity index (χ1) is 18.0. The van der Waals surface area contributed by atoms with Gasteiger partial charge in [0.2, 0.25) is 5.91 Å². The first kappa shape index (κ1) is 26.2. The van der Waals surface area contributed by atoms with Gasteiger partial charge in [0.25, 0.3) is 0 Å². The average molecular weight is 509 g/mol. The Morgan fingerprint density at radius 3 is 2.54 bits per heavy atom. The quantitative estimate of drug-likeness (QED) is 0.548. The molecule has 4 atom stereocenters. The van der Waals surface area contributed by atoms with Crippen LogP contribution in [0.3, 0.4) is 0 Å². The normalized spacial score (nSPS) is 25.2. The fourth-order valence-corrected chi connectivity index (χ4v) is 6.14. The molecule has 1 N–H and O–H groups in total. The lowest BCUT2D eigenvalue weighted by Gasteiger charge is -2.35. The van der Waals surface area contributed by atoms with E-state index in [2.05, 4.69) is 68.9 Å². The zero-order chi connectivity index (χ0) is 25.6. The standard InChI is InChI=1S/C29H44N6O2/c1-22(19-27-13-14-28(37-27)23(2)29(36)30-24-9-5-3-6-10-24)35-21-25(31-32-35)20-33-15-17-34(18-16-33)26-11-7-4-8-12-26/h4,7-8,11-12,21-24,27-28H,3,5-6,9-10,13-20H2,1-2H3,(H,30,36)/t22-,23+,27?,28?/m1/s1. The van der Waals surface area contributed by atoms with Gasteiger partial charge in [0.05, 0.1) is 36.1 Å². The zero-order valence-corrected chi connectivity index (χ0v) is 22.6. The number of amides is 1. The molecule has 3 aliphatic rings. The summed E-state index contributed by atoms with van der Waals surface area (Å²) >= 11 is 0. The molecular weight excluding hydrogens is 464 g/mol. The Labute approximate surface area is 221 Å². The molecule has 2 aliphatic heterocycles. The Morgan fingerprint density at radius 2 is 1.78 bits per heavy atom. The third-order valence-electron chi connectivity index (χ3n) is 8.56. The van der Waals surface area contributed by atoms with Crippen LogP contribution < -0.4 is 10.2 Å². The van der Waals surface area contributed by atoms with E-state index in [-0.39, 0.29) is 30.1 Å². The molecule has 37 heavy (non-hydrogen) atoms. The van der Waals surface area contributed by atoms with E-state index in [9.17, 15) is 4.79 Å². The minimum atomic E-state index is -0.0948.